The number of esters is 2. The van der Waals surface area contributed by atoms with Gasteiger partial charge in [-0.15, -0.1) is 0 Å². The number of carbonyl (C=O) groups is 4. The fraction of sp³-hybridized carbons (Fsp3) is 0.615. The molecule has 0 aliphatic heterocycles. The maximum absolute atomic E-state index is 13.5. The predicted octanol–water partition coefficient (Wildman–Crippen LogP) is 2.79. The molecule has 8 heteroatoms. The normalized spacial score (nSPS) is 24.6. The lowest BCUT2D eigenvalue weighted by Crippen LogP contribution is -2.55. The number of hydrogen-bond donors (Lipinski definition) is 2. The molecule has 0 radical (unpaired) electrons. The molecule has 188 valence electrons. The van der Waals surface area contributed by atoms with E-state index in [9.17, 15) is 19.2 Å². The van der Waals surface area contributed by atoms with Gasteiger partial charge in [-0.2, -0.15) is 0 Å². The highest BCUT2D eigenvalue weighted by Crippen LogP contribution is 2.57. The van der Waals surface area contributed by atoms with Crippen molar-refractivity contribution in [2.75, 3.05) is 7.11 Å². The van der Waals surface area contributed by atoms with Crippen LogP contribution in [0.3, 0.4) is 0 Å². The Morgan fingerprint density at radius 3 is 2.18 bits per heavy atom. The summed E-state index contributed by atoms with van der Waals surface area (Å²) in [6.07, 6.45) is 0.498. The van der Waals surface area contributed by atoms with Gasteiger partial charge in [0.1, 0.15) is 11.6 Å². The molecular formula is C26H38N2O6. The molecule has 1 aromatic rings. The smallest absolute Gasteiger partial charge is 0.328 e. The summed E-state index contributed by atoms with van der Waals surface area (Å²) in [5.74, 6) is -2.37. The Morgan fingerprint density at radius 1 is 1.09 bits per heavy atom. The van der Waals surface area contributed by atoms with Gasteiger partial charge < -0.3 is 20.1 Å². The first kappa shape index (κ1) is 27.3. The van der Waals surface area contributed by atoms with E-state index >= 15 is 0 Å². The second-order valence-electron chi connectivity index (χ2n) is 10.7. The zero-order chi connectivity index (χ0) is 25.9. The number of methoxy groups -OCH3 is 1. The van der Waals surface area contributed by atoms with E-state index in [1.165, 1.54) is 14.0 Å². The van der Waals surface area contributed by atoms with Gasteiger partial charge in [-0.3, -0.25) is 14.4 Å². The van der Waals surface area contributed by atoms with Gasteiger partial charge in [0.2, 0.25) is 11.8 Å². The number of amides is 2. The van der Waals surface area contributed by atoms with E-state index in [1.807, 2.05) is 44.2 Å². The Balaban J connectivity index is 2.36. The maximum Gasteiger partial charge on any atom is 0.328 e. The van der Waals surface area contributed by atoms with E-state index in [4.69, 9.17) is 9.47 Å². The number of benzene rings is 1. The summed E-state index contributed by atoms with van der Waals surface area (Å²) in [6, 6.07) is 7.82. The van der Waals surface area contributed by atoms with E-state index in [-0.39, 0.29) is 24.7 Å². The van der Waals surface area contributed by atoms with Gasteiger partial charge in [0.15, 0.2) is 0 Å². The monoisotopic (exact) mass is 474 g/mol. The van der Waals surface area contributed by atoms with Crippen LogP contribution in [-0.4, -0.2) is 48.5 Å². The molecule has 2 amide bonds. The van der Waals surface area contributed by atoms with Crippen molar-refractivity contribution in [1.29, 1.82) is 0 Å². The van der Waals surface area contributed by atoms with Crippen LogP contribution < -0.4 is 10.6 Å². The molecule has 0 heterocycles. The van der Waals surface area contributed by atoms with E-state index in [2.05, 4.69) is 10.6 Å². The summed E-state index contributed by atoms with van der Waals surface area (Å²) in [5.41, 5.74) is -1.92. The number of rotatable bonds is 7. The van der Waals surface area contributed by atoms with Crippen LogP contribution in [-0.2, 0) is 35.1 Å². The second kappa shape index (κ2) is 10.2. The molecule has 0 saturated heterocycles. The number of carbonyl (C=O) groups excluding carboxylic acids is 4. The number of ether oxygens (including phenoxy) is 2. The third-order valence-electron chi connectivity index (χ3n) is 6.98. The highest BCUT2D eigenvalue weighted by Gasteiger charge is 2.65. The fourth-order valence-electron chi connectivity index (χ4n) is 4.71. The molecular weight excluding hydrogens is 436 g/mol. The summed E-state index contributed by atoms with van der Waals surface area (Å²) >= 11 is 0. The molecule has 1 fully saturated rings. The molecule has 4 atom stereocenters. The highest BCUT2D eigenvalue weighted by molar-refractivity contribution is 5.89. The van der Waals surface area contributed by atoms with Gasteiger partial charge >= 0.3 is 11.9 Å². The first-order valence-corrected chi connectivity index (χ1v) is 11.6. The highest BCUT2D eigenvalue weighted by atomic mass is 16.6. The largest absolute Gasteiger partial charge is 0.467 e. The first-order valence-electron chi connectivity index (χ1n) is 11.6. The number of nitrogens with one attached hydrogen (secondary N) is 2. The third kappa shape index (κ3) is 5.77. The Labute approximate surface area is 202 Å². The van der Waals surface area contributed by atoms with Crippen molar-refractivity contribution in [3.8, 4) is 0 Å². The molecule has 34 heavy (non-hydrogen) atoms. The van der Waals surface area contributed by atoms with Gasteiger partial charge in [-0.25, -0.2) is 4.79 Å². The molecule has 8 nitrogen and oxygen atoms in total. The van der Waals surface area contributed by atoms with Crippen LogP contribution in [0.1, 0.15) is 60.5 Å². The van der Waals surface area contributed by atoms with Gasteiger partial charge in [0, 0.05) is 25.3 Å². The van der Waals surface area contributed by atoms with E-state index < -0.39 is 46.4 Å². The molecule has 2 N–H and O–H groups in total. The van der Waals surface area contributed by atoms with Crippen molar-refractivity contribution in [1.82, 2.24) is 10.6 Å². The summed E-state index contributed by atoms with van der Waals surface area (Å²) in [4.78, 5) is 51.4. The molecule has 0 aromatic heterocycles. The van der Waals surface area contributed by atoms with Crippen molar-refractivity contribution in [3.63, 3.8) is 0 Å². The van der Waals surface area contributed by atoms with Crippen LogP contribution in [0.4, 0.5) is 0 Å². The van der Waals surface area contributed by atoms with Gasteiger partial charge in [0.25, 0.3) is 0 Å². The quantitative estimate of drug-likeness (QED) is 0.588. The topological polar surface area (TPSA) is 111 Å². The van der Waals surface area contributed by atoms with Gasteiger partial charge in [0.05, 0.1) is 12.5 Å². The van der Waals surface area contributed by atoms with Crippen molar-refractivity contribution >= 4 is 23.8 Å². The Bertz CT molecular complexity index is 921. The molecule has 0 spiro atoms. The van der Waals surface area contributed by atoms with Gasteiger partial charge in [-0.1, -0.05) is 44.2 Å². The maximum atomic E-state index is 13.5. The minimum atomic E-state index is -1.17. The Hall–Kier alpha value is -2.90. The van der Waals surface area contributed by atoms with Crippen molar-refractivity contribution in [2.24, 2.45) is 16.7 Å². The van der Waals surface area contributed by atoms with Crippen LogP contribution >= 0.6 is 0 Å². The molecule has 1 aliphatic carbocycles. The lowest BCUT2D eigenvalue weighted by atomic mass is 9.64. The Kier molecular flexibility index (Phi) is 8.17. The molecule has 1 unspecified atom stereocenters. The second-order valence-corrected chi connectivity index (χ2v) is 10.7. The molecule has 1 aliphatic rings. The van der Waals surface area contributed by atoms with Crippen LogP contribution in [0.5, 0.6) is 0 Å². The van der Waals surface area contributed by atoms with Crippen molar-refractivity contribution in [3.05, 3.63) is 35.9 Å². The average Bonchev–Trinajstić information content (AvgIpc) is 2.93. The lowest BCUT2D eigenvalue weighted by Gasteiger charge is -2.43. The van der Waals surface area contributed by atoms with Crippen molar-refractivity contribution < 1.29 is 28.7 Å². The zero-order valence-corrected chi connectivity index (χ0v) is 21.5. The molecule has 1 saturated carbocycles. The van der Waals surface area contributed by atoms with Crippen molar-refractivity contribution in [2.45, 2.75) is 79.0 Å². The van der Waals surface area contributed by atoms with Crippen LogP contribution in [0.2, 0.25) is 0 Å². The first-order chi connectivity index (χ1) is 15.6. The van der Waals surface area contributed by atoms with Gasteiger partial charge in [-0.05, 0) is 45.1 Å². The predicted molar refractivity (Wildman–Crippen MR) is 128 cm³/mol. The lowest BCUT2D eigenvalue weighted by molar-refractivity contribution is -0.175. The average molecular weight is 475 g/mol. The summed E-state index contributed by atoms with van der Waals surface area (Å²) in [7, 11) is 1.28. The number of hydrogen-bond acceptors (Lipinski definition) is 6. The zero-order valence-electron chi connectivity index (χ0n) is 21.5. The minimum absolute atomic E-state index is 0.230. The minimum Gasteiger partial charge on any atom is -0.467 e. The molecule has 1 aromatic carbocycles. The van der Waals surface area contributed by atoms with Crippen LogP contribution in [0, 0.1) is 16.7 Å². The molecule has 0 bridgehead atoms. The van der Waals surface area contributed by atoms with Crippen LogP contribution in [0.25, 0.3) is 0 Å². The SMILES string of the molecule is COC(=O)C(Cc1ccccc1)NC(=O)[C@H]1C[C@H](NC(C)=O)[C@](C)(C(=O)OC(C)(C)C)C1(C)C. The van der Waals surface area contributed by atoms with E-state index in [1.54, 1.807) is 27.7 Å². The summed E-state index contributed by atoms with van der Waals surface area (Å²) in [5, 5.41) is 5.69. The van der Waals surface area contributed by atoms with Crippen LogP contribution in [0.15, 0.2) is 30.3 Å². The Morgan fingerprint density at radius 2 is 1.68 bits per heavy atom. The van der Waals surface area contributed by atoms with E-state index in [0.29, 0.717) is 0 Å². The van der Waals surface area contributed by atoms with E-state index in [0.717, 1.165) is 5.56 Å². The third-order valence-corrected chi connectivity index (χ3v) is 6.98. The summed E-state index contributed by atoms with van der Waals surface area (Å²) < 4.78 is 10.6. The molecule has 2 rings (SSSR count). The summed E-state index contributed by atoms with van der Waals surface area (Å²) in [6.45, 7) is 12.1. The fourth-order valence-corrected chi connectivity index (χ4v) is 4.71. The standard InChI is InChI=1S/C26H38N2O6/c1-16(29)27-20-15-18(25(5,6)26(20,7)23(32)34-24(2,3)4)21(30)28-19(22(31)33-8)14-17-12-10-9-11-13-17/h9-13,18-20H,14-15H2,1-8H3,(H,27,29)(H,28,30)/t18-,19?,20+,26-/m1/s1.